The van der Waals surface area contributed by atoms with Crippen LogP contribution < -0.4 is 0 Å². The van der Waals surface area contributed by atoms with Crippen LogP contribution in [0.4, 0.5) is 0 Å². The number of hydrogen-bond donors (Lipinski definition) is 0. The van der Waals surface area contributed by atoms with Gasteiger partial charge in [-0.25, -0.2) is 0 Å². The summed E-state index contributed by atoms with van der Waals surface area (Å²) in [7, 11) is 0. The molecule has 0 fully saturated rings. The molecule has 8 aromatic rings. The third-order valence-corrected chi connectivity index (χ3v) is 8.25. The molecule has 0 unspecified atom stereocenters. The van der Waals surface area contributed by atoms with Crippen LogP contribution in [0.3, 0.4) is 0 Å². The van der Waals surface area contributed by atoms with Crippen molar-refractivity contribution in [2.24, 2.45) is 0 Å². The molecular formula is C43H38. The predicted molar refractivity (Wildman–Crippen MR) is 193 cm³/mol. The third-order valence-electron chi connectivity index (χ3n) is 8.25. The standard InChI is InChI=1S/C40H26.3CH4/c1-2-12-31-26-32(25-22-27(31)10-1)28-20-23-30(24-21-28)39-35-15-5-7-17-37(35)40(38-18-8-6-16-36(38)39)34-19-9-13-29-11-3-4-14-33(29)34;;;/h1-26H;3*1H4. The molecule has 43 heavy (non-hydrogen) atoms. The fourth-order valence-corrected chi connectivity index (χ4v) is 6.37. The summed E-state index contributed by atoms with van der Waals surface area (Å²) in [5.74, 6) is 0. The summed E-state index contributed by atoms with van der Waals surface area (Å²) < 4.78 is 0. The van der Waals surface area contributed by atoms with E-state index in [9.17, 15) is 0 Å². The molecule has 210 valence electrons. The highest BCUT2D eigenvalue weighted by Gasteiger charge is 2.17. The summed E-state index contributed by atoms with van der Waals surface area (Å²) in [5.41, 5.74) is 7.59. The van der Waals surface area contributed by atoms with Gasteiger partial charge in [-0.15, -0.1) is 0 Å². The summed E-state index contributed by atoms with van der Waals surface area (Å²) in [6, 6.07) is 57.5. The van der Waals surface area contributed by atoms with Gasteiger partial charge in [0.15, 0.2) is 0 Å². The Hall–Kier alpha value is -5.20. The van der Waals surface area contributed by atoms with Crippen LogP contribution in [-0.4, -0.2) is 0 Å². The Morgan fingerprint density at radius 2 is 0.698 bits per heavy atom. The van der Waals surface area contributed by atoms with Crippen LogP contribution in [0.2, 0.25) is 0 Å². The Morgan fingerprint density at radius 3 is 1.33 bits per heavy atom. The Balaban J connectivity index is 0.00000123. The quantitative estimate of drug-likeness (QED) is 0.191. The molecule has 0 radical (unpaired) electrons. The monoisotopic (exact) mass is 554 g/mol. The predicted octanol–water partition coefficient (Wildman–Crippen LogP) is 13.2. The molecule has 0 nitrogen and oxygen atoms in total. The third kappa shape index (κ3) is 4.86. The topological polar surface area (TPSA) is 0 Å². The molecule has 0 aliphatic heterocycles. The number of fused-ring (bicyclic) bond motifs is 4. The zero-order chi connectivity index (χ0) is 26.5. The van der Waals surface area contributed by atoms with Gasteiger partial charge >= 0.3 is 0 Å². The Kier molecular flexibility index (Phi) is 8.15. The van der Waals surface area contributed by atoms with Crippen LogP contribution in [0.1, 0.15) is 22.3 Å². The maximum Gasteiger partial charge on any atom is -0.00201 e. The van der Waals surface area contributed by atoms with Crippen molar-refractivity contribution < 1.29 is 0 Å². The van der Waals surface area contributed by atoms with Gasteiger partial charge in [0, 0.05) is 0 Å². The number of benzene rings is 8. The lowest BCUT2D eigenvalue weighted by Crippen LogP contribution is -1.91. The highest BCUT2D eigenvalue weighted by molar-refractivity contribution is 6.23. The van der Waals surface area contributed by atoms with Crippen molar-refractivity contribution in [2.45, 2.75) is 22.3 Å². The molecule has 8 rings (SSSR count). The van der Waals surface area contributed by atoms with Crippen LogP contribution >= 0.6 is 0 Å². The molecule has 0 aliphatic rings. The van der Waals surface area contributed by atoms with Gasteiger partial charge in [0.05, 0.1) is 0 Å². The average molecular weight is 555 g/mol. The van der Waals surface area contributed by atoms with Crippen molar-refractivity contribution in [1.82, 2.24) is 0 Å². The van der Waals surface area contributed by atoms with Gasteiger partial charge in [0.25, 0.3) is 0 Å². The first kappa shape index (κ1) is 29.3. The van der Waals surface area contributed by atoms with E-state index >= 15 is 0 Å². The van der Waals surface area contributed by atoms with Gasteiger partial charge in [-0.2, -0.15) is 0 Å². The van der Waals surface area contributed by atoms with Crippen LogP contribution in [0.5, 0.6) is 0 Å². The van der Waals surface area contributed by atoms with E-state index in [0.29, 0.717) is 0 Å². The largest absolute Gasteiger partial charge is 0.0776 e. The summed E-state index contributed by atoms with van der Waals surface area (Å²) in [5, 5.41) is 10.2. The van der Waals surface area contributed by atoms with Crippen molar-refractivity contribution in [2.75, 3.05) is 0 Å². The van der Waals surface area contributed by atoms with Crippen molar-refractivity contribution in [1.29, 1.82) is 0 Å². The molecule has 0 aromatic heterocycles. The molecular weight excluding hydrogens is 516 g/mol. The van der Waals surface area contributed by atoms with Crippen molar-refractivity contribution >= 4 is 43.1 Å². The van der Waals surface area contributed by atoms with E-state index in [1.54, 1.807) is 0 Å². The minimum absolute atomic E-state index is 0. The zero-order valence-electron chi connectivity index (χ0n) is 22.0. The summed E-state index contributed by atoms with van der Waals surface area (Å²) >= 11 is 0. The summed E-state index contributed by atoms with van der Waals surface area (Å²) in [6.45, 7) is 0. The first-order valence-electron chi connectivity index (χ1n) is 13.9. The second kappa shape index (κ2) is 12.0. The second-order valence-electron chi connectivity index (χ2n) is 10.5. The fraction of sp³-hybridized carbons (Fsp3) is 0.0698. The summed E-state index contributed by atoms with van der Waals surface area (Å²) in [4.78, 5) is 0. The van der Waals surface area contributed by atoms with Crippen molar-refractivity contribution in [3.63, 3.8) is 0 Å². The van der Waals surface area contributed by atoms with E-state index in [-0.39, 0.29) is 22.3 Å². The van der Waals surface area contributed by atoms with Crippen molar-refractivity contribution in [3.8, 4) is 33.4 Å². The van der Waals surface area contributed by atoms with E-state index in [2.05, 4.69) is 158 Å². The van der Waals surface area contributed by atoms with Gasteiger partial charge < -0.3 is 0 Å². The van der Waals surface area contributed by atoms with Gasteiger partial charge in [0.1, 0.15) is 0 Å². The van der Waals surface area contributed by atoms with Gasteiger partial charge in [-0.3, -0.25) is 0 Å². The minimum atomic E-state index is 0. The molecule has 0 saturated heterocycles. The summed E-state index contributed by atoms with van der Waals surface area (Å²) in [6.07, 6.45) is 0. The van der Waals surface area contributed by atoms with Crippen LogP contribution in [-0.2, 0) is 0 Å². The van der Waals surface area contributed by atoms with Crippen molar-refractivity contribution in [3.05, 3.63) is 158 Å². The van der Waals surface area contributed by atoms with E-state index in [1.165, 1.54) is 76.5 Å². The number of rotatable bonds is 3. The molecule has 8 aromatic carbocycles. The second-order valence-corrected chi connectivity index (χ2v) is 10.5. The Bertz CT molecular complexity index is 2140. The SMILES string of the molecule is C.C.C.c1ccc2cc(-c3ccc(-c4c5ccccc5c(-c5cccc6ccccc56)c5ccccc45)cc3)ccc2c1. The van der Waals surface area contributed by atoms with E-state index in [0.717, 1.165) is 0 Å². The van der Waals surface area contributed by atoms with Crippen LogP contribution in [0.15, 0.2) is 158 Å². The van der Waals surface area contributed by atoms with Gasteiger partial charge in [-0.05, 0) is 82.5 Å². The fourth-order valence-electron chi connectivity index (χ4n) is 6.37. The average Bonchev–Trinajstić information content (AvgIpc) is 3.03. The zero-order valence-corrected chi connectivity index (χ0v) is 22.0. The minimum Gasteiger partial charge on any atom is -0.0776 e. The normalized spacial score (nSPS) is 10.7. The Labute approximate surface area is 255 Å². The molecule has 0 N–H and O–H groups in total. The lowest BCUT2D eigenvalue weighted by atomic mass is 9.84. The molecule has 0 saturated carbocycles. The Morgan fingerprint density at radius 1 is 0.256 bits per heavy atom. The van der Waals surface area contributed by atoms with Gasteiger partial charge in [-0.1, -0.05) is 174 Å². The molecule has 0 bridgehead atoms. The van der Waals surface area contributed by atoms with Gasteiger partial charge in [0.2, 0.25) is 0 Å². The molecule has 0 spiro atoms. The highest BCUT2D eigenvalue weighted by Crippen LogP contribution is 2.45. The van der Waals surface area contributed by atoms with E-state index in [1.807, 2.05) is 0 Å². The molecule has 0 heteroatoms. The molecule has 0 atom stereocenters. The molecule has 0 heterocycles. The maximum atomic E-state index is 2.29. The smallest absolute Gasteiger partial charge is 0.00201 e. The molecule has 0 amide bonds. The lowest BCUT2D eigenvalue weighted by molar-refractivity contribution is 1.63. The first-order chi connectivity index (χ1) is 19.8. The van der Waals surface area contributed by atoms with E-state index < -0.39 is 0 Å². The maximum absolute atomic E-state index is 2.29. The van der Waals surface area contributed by atoms with E-state index in [4.69, 9.17) is 0 Å². The van der Waals surface area contributed by atoms with Crippen LogP contribution in [0, 0.1) is 0 Å². The van der Waals surface area contributed by atoms with Crippen LogP contribution in [0.25, 0.3) is 76.5 Å². The molecule has 0 aliphatic carbocycles. The first-order valence-corrected chi connectivity index (χ1v) is 13.9. The lowest BCUT2D eigenvalue weighted by Gasteiger charge is -2.19. The number of hydrogen-bond acceptors (Lipinski definition) is 0. The highest BCUT2D eigenvalue weighted by atomic mass is 14.2.